The van der Waals surface area contributed by atoms with Crippen molar-refractivity contribution in [3.8, 4) is 11.8 Å². The first-order valence-electron chi connectivity index (χ1n) is 7.71. The number of ether oxygens (including phenoxy) is 1. The van der Waals surface area contributed by atoms with E-state index >= 15 is 0 Å². The van der Waals surface area contributed by atoms with E-state index in [9.17, 15) is 5.26 Å². The maximum Gasteiger partial charge on any atom is 0.136 e. The lowest BCUT2D eigenvalue weighted by atomic mass is 9.92. The first kappa shape index (κ1) is 15.8. The minimum atomic E-state index is 0.399. The molecular formula is C17H25N3O. The summed E-state index contributed by atoms with van der Waals surface area (Å²) in [5.41, 5.74) is 1.86. The molecule has 2 unspecified atom stereocenters. The normalized spacial score (nSPS) is 22.2. The number of rotatable bonds is 6. The number of nitriles is 1. The van der Waals surface area contributed by atoms with E-state index in [0.717, 1.165) is 26.1 Å². The van der Waals surface area contributed by atoms with Crippen LogP contribution in [0.5, 0.6) is 5.75 Å². The molecule has 0 radical (unpaired) electrons. The van der Waals surface area contributed by atoms with E-state index in [1.54, 1.807) is 7.11 Å². The monoisotopic (exact) mass is 287 g/mol. The summed E-state index contributed by atoms with van der Waals surface area (Å²) in [6, 6.07) is 8.68. The van der Waals surface area contributed by atoms with E-state index in [4.69, 9.17) is 4.74 Å². The van der Waals surface area contributed by atoms with E-state index in [0.29, 0.717) is 23.3 Å². The third-order valence-corrected chi connectivity index (χ3v) is 4.29. The van der Waals surface area contributed by atoms with Crippen LogP contribution in [0.1, 0.15) is 36.9 Å². The molecule has 0 bridgehead atoms. The van der Waals surface area contributed by atoms with Crippen LogP contribution in [0, 0.1) is 17.2 Å². The van der Waals surface area contributed by atoms with Gasteiger partial charge in [0.25, 0.3) is 0 Å². The van der Waals surface area contributed by atoms with Gasteiger partial charge in [0.05, 0.1) is 12.7 Å². The quantitative estimate of drug-likeness (QED) is 0.873. The molecule has 1 aliphatic heterocycles. The predicted molar refractivity (Wildman–Crippen MR) is 84.3 cm³/mol. The standard InChI is InChI=1S/C17H25N3O/c1-4-8-20-9-7-14(12-19-2)17(20)13-5-6-16(21-3)15(10-13)11-18/h5-6,10,14,17,19H,4,7-9,12H2,1-3H3. The van der Waals surface area contributed by atoms with Gasteiger partial charge in [-0.2, -0.15) is 5.26 Å². The van der Waals surface area contributed by atoms with Crippen molar-refractivity contribution in [1.29, 1.82) is 5.26 Å². The summed E-state index contributed by atoms with van der Waals surface area (Å²) in [5.74, 6) is 1.26. The summed E-state index contributed by atoms with van der Waals surface area (Å²) in [4.78, 5) is 2.55. The SMILES string of the molecule is CCCN1CCC(CNC)C1c1ccc(OC)c(C#N)c1. The molecule has 0 amide bonds. The van der Waals surface area contributed by atoms with Crippen LogP contribution < -0.4 is 10.1 Å². The van der Waals surface area contributed by atoms with Crippen LogP contribution in [0.25, 0.3) is 0 Å². The van der Waals surface area contributed by atoms with Gasteiger partial charge in [0.2, 0.25) is 0 Å². The highest BCUT2D eigenvalue weighted by molar-refractivity contribution is 5.46. The summed E-state index contributed by atoms with van der Waals surface area (Å²) >= 11 is 0. The van der Waals surface area contributed by atoms with Crippen LogP contribution in [-0.4, -0.2) is 38.7 Å². The van der Waals surface area contributed by atoms with E-state index in [1.165, 1.54) is 12.0 Å². The Morgan fingerprint density at radius 3 is 2.90 bits per heavy atom. The Balaban J connectivity index is 2.32. The molecule has 21 heavy (non-hydrogen) atoms. The molecule has 1 heterocycles. The molecule has 1 fully saturated rings. The zero-order valence-electron chi connectivity index (χ0n) is 13.2. The van der Waals surface area contributed by atoms with Crippen molar-refractivity contribution in [3.05, 3.63) is 29.3 Å². The minimum absolute atomic E-state index is 0.399. The molecule has 4 nitrogen and oxygen atoms in total. The number of nitrogens with zero attached hydrogens (tertiary/aromatic N) is 2. The fourth-order valence-corrected chi connectivity index (χ4v) is 3.42. The van der Waals surface area contributed by atoms with Crippen molar-refractivity contribution in [2.45, 2.75) is 25.8 Å². The van der Waals surface area contributed by atoms with Crippen molar-refractivity contribution < 1.29 is 4.74 Å². The molecule has 1 aliphatic rings. The van der Waals surface area contributed by atoms with Crippen molar-refractivity contribution in [2.24, 2.45) is 5.92 Å². The molecule has 2 atom stereocenters. The summed E-state index contributed by atoms with van der Waals surface area (Å²) in [6.07, 6.45) is 2.36. The van der Waals surface area contributed by atoms with Crippen LogP contribution in [0.4, 0.5) is 0 Å². The molecule has 1 N–H and O–H groups in total. The van der Waals surface area contributed by atoms with Crippen molar-refractivity contribution in [2.75, 3.05) is 33.8 Å². The summed E-state index contributed by atoms with van der Waals surface area (Å²) in [5, 5.41) is 12.6. The molecule has 2 rings (SSSR count). The Bertz CT molecular complexity index is 495. The molecule has 1 saturated heterocycles. The van der Waals surface area contributed by atoms with E-state index in [1.807, 2.05) is 19.2 Å². The number of methoxy groups -OCH3 is 1. The van der Waals surface area contributed by atoms with Crippen molar-refractivity contribution in [3.63, 3.8) is 0 Å². The summed E-state index contributed by atoms with van der Waals surface area (Å²) in [6.45, 7) is 5.48. The molecule has 1 aromatic carbocycles. The molecular weight excluding hydrogens is 262 g/mol. The average molecular weight is 287 g/mol. The zero-order valence-corrected chi connectivity index (χ0v) is 13.2. The van der Waals surface area contributed by atoms with Gasteiger partial charge in [-0.1, -0.05) is 13.0 Å². The van der Waals surface area contributed by atoms with Gasteiger partial charge in [-0.3, -0.25) is 4.90 Å². The Morgan fingerprint density at radius 1 is 1.48 bits per heavy atom. The van der Waals surface area contributed by atoms with Crippen LogP contribution in [0.2, 0.25) is 0 Å². The second-order valence-corrected chi connectivity index (χ2v) is 5.66. The highest BCUT2D eigenvalue weighted by Crippen LogP contribution is 2.38. The molecule has 0 aliphatic carbocycles. The predicted octanol–water partition coefficient (Wildman–Crippen LogP) is 2.56. The van der Waals surface area contributed by atoms with E-state index < -0.39 is 0 Å². The summed E-state index contributed by atoms with van der Waals surface area (Å²) in [7, 11) is 3.62. The van der Waals surface area contributed by atoms with Crippen LogP contribution >= 0.6 is 0 Å². The highest BCUT2D eigenvalue weighted by atomic mass is 16.5. The summed E-state index contributed by atoms with van der Waals surface area (Å²) < 4.78 is 5.25. The first-order valence-corrected chi connectivity index (χ1v) is 7.71. The topological polar surface area (TPSA) is 48.3 Å². The van der Waals surface area contributed by atoms with Crippen molar-refractivity contribution >= 4 is 0 Å². The zero-order chi connectivity index (χ0) is 15.2. The van der Waals surface area contributed by atoms with E-state index in [-0.39, 0.29) is 0 Å². The first-order chi connectivity index (χ1) is 10.2. The fraction of sp³-hybridized carbons (Fsp3) is 0.588. The lowest BCUT2D eigenvalue weighted by Crippen LogP contribution is -2.29. The highest BCUT2D eigenvalue weighted by Gasteiger charge is 2.34. The smallest absolute Gasteiger partial charge is 0.136 e. The van der Waals surface area contributed by atoms with Crippen LogP contribution in [-0.2, 0) is 0 Å². The van der Waals surface area contributed by atoms with Gasteiger partial charge < -0.3 is 10.1 Å². The molecule has 0 spiro atoms. The third kappa shape index (κ3) is 3.37. The van der Waals surface area contributed by atoms with Crippen LogP contribution in [0.3, 0.4) is 0 Å². The average Bonchev–Trinajstić information content (AvgIpc) is 2.90. The van der Waals surface area contributed by atoms with Gasteiger partial charge in [0.15, 0.2) is 0 Å². The number of hydrogen-bond acceptors (Lipinski definition) is 4. The molecule has 0 saturated carbocycles. The molecule has 114 valence electrons. The molecule has 0 aromatic heterocycles. The van der Waals surface area contributed by atoms with Gasteiger partial charge in [0, 0.05) is 6.04 Å². The number of nitrogens with one attached hydrogen (secondary N) is 1. The van der Waals surface area contributed by atoms with Crippen molar-refractivity contribution in [1.82, 2.24) is 10.2 Å². The molecule has 4 heteroatoms. The largest absolute Gasteiger partial charge is 0.495 e. The van der Waals surface area contributed by atoms with Gasteiger partial charge >= 0.3 is 0 Å². The van der Waals surface area contributed by atoms with Gasteiger partial charge in [-0.05, 0) is 63.1 Å². The second-order valence-electron chi connectivity index (χ2n) is 5.66. The third-order valence-electron chi connectivity index (χ3n) is 4.29. The Labute approximate surface area is 127 Å². The Morgan fingerprint density at radius 2 is 2.29 bits per heavy atom. The Kier molecular flexibility index (Phi) is 5.60. The maximum absolute atomic E-state index is 9.30. The van der Waals surface area contributed by atoms with Crippen LogP contribution in [0.15, 0.2) is 18.2 Å². The Hall–Kier alpha value is -1.57. The lowest BCUT2D eigenvalue weighted by molar-refractivity contribution is 0.227. The number of hydrogen-bond donors (Lipinski definition) is 1. The maximum atomic E-state index is 9.30. The lowest BCUT2D eigenvalue weighted by Gasteiger charge is -2.28. The molecule has 1 aromatic rings. The van der Waals surface area contributed by atoms with Gasteiger partial charge in [-0.25, -0.2) is 0 Å². The second kappa shape index (κ2) is 7.44. The van der Waals surface area contributed by atoms with Gasteiger partial charge in [0.1, 0.15) is 11.8 Å². The van der Waals surface area contributed by atoms with Gasteiger partial charge in [-0.15, -0.1) is 0 Å². The minimum Gasteiger partial charge on any atom is -0.495 e. The number of benzene rings is 1. The van der Waals surface area contributed by atoms with E-state index in [2.05, 4.69) is 29.3 Å². The number of likely N-dealkylation sites (tertiary alicyclic amines) is 1. The fourth-order valence-electron chi connectivity index (χ4n) is 3.42.